The highest BCUT2D eigenvalue weighted by atomic mass is 19.1. The number of benzene rings is 1. The van der Waals surface area contributed by atoms with Gasteiger partial charge in [0.25, 0.3) is 5.91 Å². The first-order chi connectivity index (χ1) is 12.1. The van der Waals surface area contributed by atoms with Gasteiger partial charge < -0.3 is 14.8 Å². The molecule has 2 atom stereocenters. The summed E-state index contributed by atoms with van der Waals surface area (Å²) in [7, 11) is 3.24. The molecular formula is C18H22FN3O3. The highest BCUT2D eigenvalue weighted by Gasteiger charge is 2.30. The molecule has 7 heteroatoms. The van der Waals surface area contributed by atoms with Gasteiger partial charge in [-0.3, -0.25) is 9.48 Å². The quantitative estimate of drug-likeness (QED) is 0.902. The van der Waals surface area contributed by atoms with Crippen molar-refractivity contribution < 1.29 is 18.7 Å². The van der Waals surface area contributed by atoms with Gasteiger partial charge in [-0.05, 0) is 31.0 Å². The van der Waals surface area contributed by atoms with E-state index in [4.69, 9.17) is 9.47 Å². The van der Waals surface area contributed by atoms with Gasteiger partial charge >= 0.3 is 0 Å². The van der Waals surface area contributed by atoms with Gasteiger partial charge in [0.2, 0.25) is 0 Å². The monoisotopic (exact) mass is 347 g/mol. The lowest BCUT2D eigenvalue weighted by atomic mass is 9.92. The maximum Gasteiger partial charge on any atom is 0.254 e. The number of halogens is 1. The van der Waals surface area contributed by atoms with Crippen molar-refractivity contribution >= 4 is 5.91 Å². The normalized spacial score (nSPS) is 20.3. The second-order valence-corrected chi connectivity index (χ2v) is 6.11. The number of aromatic nitrogens is 2. The van der Waals surface area contributed by atoms with Crippen LogP contribution in [0.1, 0.15) is 35.0 Å². The van der Waals surface area contributed by atoms with Crippen molar-refractivity contribution in [3.05, 3.63) is 47.5 Å². The molecule has 1 aliphatic heterocycles. The van der Waals surface area contributed by atoms with Crippen LogP contribution in [-0.2, 0) is 11.8 Å². The summed E-state index contributed by atoms with van der Waals surface area (Å²) >= 11 is 0. The number of nitrogens with zero attached hydrogens (tertiary/aromatic N) is 2. The molecule has 0 aliphatic carbocycles. The fraction of sp³-hybridized carbons (Fsp3) is 0.444. The van der Waals surface area contributed by atoms with Crippen molar-refractivity contribution in [1.29, 1.82) is 0 Å². The Hall–Kier alpha value is -2.41. The summed E-state index contributed by atoms with van der Waals surface area (Å²) in [6.07, 6.45) is 3.46. The van der Waals surface area contributed by atoms with E-state index < -0.39 is 11.7 Å². The predicted molar refractivity (Wildman–Crippen MR) is 89.9 cm³/mol. The minimum absolute atomic E-state index is 0.0202. The number of ether oxygens (including phenoxy) is 2. The molecular weight excluding hydrogens is 325 g/mol. The molecule has 0 unspecified atom stereocenters. The number of methoxy groups -OCH3 is 1. The molecule has 1 aliphatic rings. The Kier molecular flexibility index (Phi) is 5.33. The van der Waals surface area contributed by atoms with E-state index in [1.165, 1.54) is 19.2 Å². The number of aryl methyl sites for hydroxylation is 1. The van der Waals surface area contributed by atoms with Gasteiger partial charge in [-0.25, -0.2) is 4.39 Å². The number of carbonyl (C=O) groups is 1. The van der Waals surface area contributed by atoms with E-state index in [2.05, 4.69) is 10.4 Å². The van der Waals surface area contributed by atoms with Crippen molar-refractivity contribution in [3.8, 4) is 5.75 Å². The smallest absolute Gasteiger partial charge is 0.254 e. The maximum atomic E-state index is 14.2. The predicted octanol–water partition coefficient (Wildman–Crippen LogP) is 2.47. The molecule has 1 aromatic carbocycles. The second-order valence-electron chi connectivity index (χ2n) is 6.11. The molecule has 0 bridgehead atoms. The summed E-state index contributed by atoms with van der Waals surface area (Å²) < 4.78 is 26.8. The zero-order valence-corrected chi connectivity index (χ0v) is 14.4. The molecule has 1 saturated heterocycles. The maximum absolute atomic E-state index is 14.2. The minimum Gasteiger partial charge on any atom is -0.494 e. The third-order valence-corrected chi connectivity index (χ3v) is 4.55. The summed E-state index contributed by atoms with van der Waals surface area (Å²) in [5, 5.41) is 7.01. The Balaban J connectivity index is 1.69. The van der Waals surface area contributed by atoms with Crippen LogP contribution < -0.4 is 10.1 Å². The molecule has 2 heterocycles. The summed E-state index contributed by atoms with van der Waals surface area (Å²) in [5.74, 6) is -0.931. The lowest BCUT2D eigenvalue weighted by Crippen LogP contribution is -2.36. The summed E-state index contributed by atoms with van der Waals surface area (Å²) in [6, 6.07) is 6.45. The minimum atomic E-state index is -0.648. The van der Waals surface area contributed by atoms with Gasteiger partial charge in [-0.15, -0.1) is 0 Å². The Morgan fingerprint density at radius 2 is 2.32 bits per heavy atom. The van der Waals surface area contributed by atoms with Gasteiger partial charge in [0.1, 0.15) is 6.10 Å². The fourth-order valence-electron chi connectivity index (χ4n) is 3.21. The molecule has 1 N–H and O–H groups in total. The number of carbonyl (C=O) groups excluding carboxylic acids is 1. The summed E-state index contributed by atoms with van der Waals surface area (Å²) in [5.41, 5.74) is 0.958. The molecule has 1 aromatic heterocycles. The first-order valence-corrected chi connectivity index (χ1v) is 8.32. The Bertz CT molecular complexity index is 747. The SMILES string of the molecule is COc1cccc(C(=O)NC[C@@H]2CCCO[C@H]2c2ccnn2C)c1F. The van der Waals surface area contributed by atoms with Gasteiger partial charge in [-0.2, -0.15) is 5.10 Å². The van der Waals surface area contributed by atoms with Crippen molar-refractivity contribution in [3.63, 3.8) is 0 Å². The summed E-state index contributed by atoms with van der Waals surface area (Å²) in [4.78, 5) is 12.4. The largest absolute Gasteiger partial charge is 0.494 e. The zero-order valence-electron chi connectivity index (χ0n) is 14.4. The molecule has 0 radical (unpaired) electrons. The van der Waals surface area contributed by atoms with E-state index in [1.54, 1.807) is 16.9 Å². The molecule has 0 spiro atoms. The summed E-state index contributed by atoms with van der Waals surface area (Å²) in [6.45, 7) is 1.09. The van der Waals surface area contributed by atoms with Gasteiger partial charge in [0, 0.05) is 32.3 Å². The van der Waals surface area contributed by atoms with Crippen molar-refractivity contribution in [2.24, 2.45) is 13.0 Å². The first kappa shape index (κ1) is 17.4. The third kappa shape index (κ3) is 3.66. The average Bonchev–Trinajstić information content (AvgIpc) is 3.06. The van der Waals surface area contributed by atoms with Gasteiger partial charge in [-0.1, -0.05) is 6.07 Å². The topological polar surface area (TPSA) is 65.4 Å². The standard InChI is InChI=1S/C18H22FN3O3/c1-22-14(8-9-21-22)17-12(5-4-10-25-17)11-20-18(23)13-6-3-7-15(24-2)16(13)19/h3,6-9,12,17H,4-5,10-11H2,1-2H3,(H,20,23)/t12-,17+/m0/s1. The molecule has 0 saturated carbocycles. The van der Waals surface area contributed by atoms with Crippen LogP contribution >= 0.6 is 0 Å². The molecule has 3 rings (SSSR count). The van der Waals surface area contributed by atoms with E-state index in [0.29, 0.717) is 13.2 Å². The average molecular weight is 347 g/mol. The van der Waals surface area contributed by atoms with Crippen LogP contribution in [0.15, 0.2) is 30.5 Å². The van der Waals surface area contributed by atoms with E-state index in [1.807, 2.05) is 13.1 Å². The molecule has 2 aromatic rings. The number of rotatable bonds is 5. The number of nitrogens with one attached hydrogen (secondary N) is 1. The molecule has 25 heavy (non-hydrogen) atoms. The van der Waals surface area contributed by atoms with Crippen LogP contribution in [-0.4, -0.2) is 35.9 Å². The highest BCUT2D eigenvalue weighted by Crippen LogP contribution is 2.33. The van der Waals surface area contributed by atoms with Crippen LogP contribution in [0.4, 0.5) is 4.39 Å². The first-order valence-electron chi connectivity index (χ1n) is 8.32. The van der Waals surface area contributed by atoms with Crippen molar-refractivity contribution in [2.75, 3.05) is 20.3 Å². The molecule has 6 nitrogen and oxygen atoms in total. The number of hydrogen-bond donors (Lipinski definition) is 1. The van der Waals surface area contributed by atoms with Gasteiger partial charge in [0.05, 0.1) is 18.4 Å². The van der Waals surface area contributed by atoms with Crippen LogP contribution in [0.25, 0.3) is 0 Å². The second kappa shape index (κ2) is 7.65. The van der Waals surface area contributed by atoms with E-state index in [9.17, 15) is 9.18 Å². The highest BCUT2D eigenvalue weighted by molar-refractivity contribution is 5.94. The van der Waals surface area contributed by atoms with Gasteiger partial charge in [0.15, 0.2) is 11.6 Å². The van der Waals surface area contributed by atoms with Crippen LogP contribution in [0.5, 0.6) is 5.75 Å². The molecule has 1 fully saturated rings. The molecule has 1 amide bonds. The molecule has 134 valence electrons. The Morgan fingerprint density at radius 1 is 1.48 bits per heavy atom. The van der Waals surface area contributed by atoms with E-state index in [0.717, 1.165) is 18.5 Å². The number of hydrogen-bond acceptors (Lipinski definition) is 4. The van der Waals surface area contributed by atoms with Crippen LogP contribution in [0.2, 0.25) is 0 Å². The zero-order chi connectivity index (χ0) is 17.8. The fourth-order valence-corrected chi connectivity index (χ4v) is 3.21. The Labute approximate surface area is 145 Å². The lowest BCUT2D eigenvalue weighted by Gasteiger charge is -2.32. The lowest BCUT2D eigenvalue weighted by molar-refractivity contribution is -0.0317. The van der Waals surface area contributed by atoms with Crippen molar-refractivity contribution in [2.45, 2.75) is 18.9 Å². The van der Waals surface area contributed by atoms with Crippen molar-refractivity contribution in [1.82, 2.24) is 15.1 Å². The van der Waals surface area contributed by atoms with Crippen LogP contribution in [0, 0.1) is 11.7 Å². The Morgan fingerprint density at radius 3 is 3.04 bits per heavy atom. The third-order valence-electron chi connectivity index (χ3n) is 4.55. The number of amides is 1. The van der Waals surface area contributed by atoms with E-state index in [-0.39, 0.29) is 23.3 Å². The van der Waals surface area contributed by atoms with E-state index >= 15 is 0 Å². The van der Waals surface area contributed by atoms with Crippen LogP contribution in [0.3, 0.4) is 0 Å².